The molecule has 0 aliphatic carbocycles. The molecule has 0 aliphatic heterocycles. The second-order valence-corrected chi connectivity index (χ2v) is 5.64. The zero-order valence-electron chi connectivity index (χ0n) is 13.1. The fourth-order valence-corrected chi connectivity index (χ4v) is 2.26. The number of carbonyl (C=O) groups excluding carboxylic acids is 1. The molecule has 2 N–H and O–H groups in total. The number of hydrogen-bond donors (Lipinski definition) is 2. The smallest absolute Gasteiger partial charge is 0.223 e. The number of aliphatic hydroxyl groups is 1. The van der Waals surface area contributed by atoms with Gasteiger partial charge in [-0.3, -0.25) is 4.79 Å². The number of aliphatic hydroxyl groups excluding tert-OH is 1. The van der Waals surface area contributed by atoms with E-state index in [2.05, 4.69) is 19.2 Å². The fourth-order valence-electron chi connectivity index (χ4n) is 2.26. The number of amides is 1. The minimum atomic E-state index is -0.458. The van der Waals surface area contributed by atoms with Crippen molar-refractivity contribution in [2.45, 2.75) is 84.7 Å². The van der Waals surface area contributed by atoms with Gasteiger partial charge in [0.2, 0.25) is 5.91 Å². The third-order valence-corrected chi connectivity index (χ3v) is 3.50. The summed E-state index contributed by atoms with van der Waals surface area (Å²) in [6, 6.07) is 0. The van der Waals surface area contributed by atoms with Crippen LogP contribution in [0, 0.1) is 5.92 Å². The van der Waals surface area contributed by atoms with Gasteiger partial charge in [0, 0.05) is 12.5 Å². The van der Waals surface area contributed by atoms with Crippen molar-refractivity contribution in [3.05, 3.63) is 0 Å². The zero-order chi connectivity index (χ0) is 14.5. The highest BCUT2D eigenvalue weighted by Crippen LogP contribution is 2.18. The first-order valence-electron chi connectivity index (χ1n) is 8.07. The summed E-state index contributed by atoms with van der Waals surface area (Å²) >= 11 is 0. The van der Waals surface area contributed by atoms with Crippen LogP contribution < -0.4 is 5.32 Å². The van der Waals surface area contributed by atoms with Crippen LogP contribution in [0.15, 0.2) is 0 Å². The van der Waals surface area contributed by atoms with E-state index in [1.807, 2.05) is 0 Å². The van der Waals surface area contributed by atoms with Gasteiger partial charge in [-0.1, -0.05) is 58.8 Å². The average Bonchev–Trinajstić information content (AvgIpc) is 2.39. The molecule has 0 spiro atoms. The van der Waals surface area contributed by atoms with Crippen molar-refractivity contribution in [1.29, 1.82) is 0 Å². The van der Waals surface area contributed by atoms with Gasteiger partial charge in [0.05, 0.1) is 6.10 Å². The largest absolute Gasteiger partial charge is 0.392 e. The van der Waals surface area contributed by atoms with Crippen LogP contribution in [0.5, 0.6) is 0 Å². The Bertz CT molecular complexity index is 217. The lowest BCUT2D eigenvalue weighted by Crippen LogP contribution is -2.35. The van der Waals surface area contributed by atoms with Crippen molar-refractivity contribution < 1.29 is 9.90 Å². The van der Waals surface area contributed by atoms with Crippen LogP contribution in [0.25, 0.3) is 0 Å². The van der Waals surface area contributed by atoms with Gasteiger partial charge in [-0.05, 0) is 19.8 Å². The molecular weight excluding hydrogens is 238 g/mol. The summed E-state index contributed by atoms with van der Waals surface area (Å²) in [6.45, 7) is 6.46. The second-order valence-electron chi connectivity index (χ2n) is 5.64. The van der Waals surface area contributed by atoms with Crippen LogP contribution >= 0.6 is 0 Å². The van der Waals surface area contributed by atoms with Gasteiger partial charge in [-0.2, -0.15) is 0 Å². The summed E-state index contributed by atoms with van der Waals surface area (Å²) in [6.07, 6.45) is 9.92. The summed E-state index contributed by atoms with van der Waals surface area (Å²) in [5.41, 5.74) is 0. The summed E-state index contributed by atoms with van der Waals surface area (Å²) in [5, 5.41) is 12.1. The van der Waals surface area contributed by atoms with Crippen LogP contribution in [-0.2, 0) is 4.79 Å². The van der Waals surface area contributed by atoms with E-state index >= 15 is 0 Å². The predicted molar refractivity (Wildman–Crippen MR) is 81.1 cm³/mol. The molecule has 0 saturated carbocycles. The molecule has 0 saturated heterocycles. The Hall–Kier alpha value is -0.570. The Morgan fingerprint density at radius 2 is 1.53 bits per heavy atom. The Balaban J connectivity index is 4.03. The van der Waals surface area contributed by atoms with E-state index in [1.54, 1.807) is 6.92 Å². The van der Waals surface area contributed by atoms with Crippen LogP contribution in [0.4, 0.5) is 0 Å². The first kappa shape index (κ1) is 18.4. The molecule has 19 heavy (non-hydrogen) atoms. The topological polar surface area (TPSA) is 49.3 Å². The molecule has 0 heterocycles. The van der Waals surface area contributed by atoms with Crippen molar-refractivity contribution >= 4 is 5.91 Å². The zero-order valence-corrected chi connectivity index (χ0v) is 13.1. The molecule has 0 aromatic carbocycles. The molecule has 2 atom stereocenters. The van der Waals surface area contributed by atoms with Gasteiger partial charge < -0.3 is 10.4 Å². The summed E-state index contributed by atoms with van der Waals surface area (Å²) in [4.78, 5) is 12.1. The molecule has 1 amide bonds. The van der Waals surface area contributed by atoms with E-state index in [0.29, 0.717) is 6.54 Å². The third-order valence-electron chi connectivity index (χ3n) is 3.50. The lowest BCUT2D eigenvalue weighted by atomic mass is 9.94. The molecule has 0 fully saturated rings. The maximum atomic E-state index is 12.1. The summed E-state index contributed by atoms with van der Waals surface area (Å²) in [5.74, 6) is 0.274. The highest BCUT2D eigenvalue weighted by Gasteiger charge is 2.17. The monoisotopic (exact) mass is 271 g/mol. The Morgan fingerprint density at radius 3 is 2.05 bits per heavy atom. The van der Waals surface area contributed by atoms with Crippen molar-refractivity contribution in [1.82, 2.24) is 5.32 Å². The molecule has 3 nitrogen and oxygen atoms in total. The summed E-state index contributed by atoms with van der Waals surface area (Å²) in [7, 11) is 0. The molecule has 0 radical (unpaired) electrons. The molecule has 0 rings (SSSR count). The second kappa shape index (κ2) is 12.5. The maximum absolute atomic E-state index is 12.1. The first-order valence-corrected chi connectivity index (χ1v) is 8.07. The van der Waals surface area contributed by atoms with Crippen LogP contribution in [0.3, 0.4) is 0 Å². The minimum Gasteiger partial charge on any atom is -0.392 e. The van der Waals surface area contributed by atoms with Gasteiger partial charge in [-0.15, -0.1) is 0 Å². The standard InChI is InChI=1S/C16H33NO2/c1-4-6-8-10-12-15(11-9-7-5-2)16(19)17-13-14(3)18/h14-15,18H,4-13H2,1-3H3,(H,17,19). The Morgan fingerprint density at radius 1 is 1.00 bits per heavy atom. The highest BCUT2D eigenvalue weighted by atomic mass is 16.3. The van der Waals surface area contributed by atoms with E-state index in [9.17, 15) is 9.90 Å². The van der Waals surface area contributed by atoms with Crippen molar-refractivity contribution in [2.75, 3.05) is 6.54 Å². The fraction of sp³-hybridized carbons (Fsp3) is 0.938. The molecule has 114 valence electrons. The SMILES string of the molecule is CCCCCCC(CCCCC)C(=O)NCC(C)O. The van der Waals surface area contributed by atoms with E-state index in [0.717, 1.165) is 25.7 Å². The third kappa shape index (κ3) is 11.0. The predicted octanol–water partition coefficient (Wildman–Crippen LogP) is 3.65. The molecule has 3 heteroatoms. The van der Waals surface area contributed by atoms with E-state index in [1.165, 1.54) is 32.1 Å². The minimum absolute atomic E-state index is 0.133. The normalized spacial score (nSPS) is 14.1. The number of nitrogens with one attached hydrogen (secondary N) is 1. The van der Waals surface area contributed by atoms with E-state index < -0.39 is 6.10 Å². The molecule has 0 bridgehead atoms. The van der Waals surface area contributed by atoms with Crippen LogP contribution in [0.1, 0.15) is 78.6 Å². The first-order chi connectivity index (χ1) is 9.11. The Labute approximate surface area is 119 Å². The number of hydrogen-bond acceptors (Lipinski definition) is 2. The molecule has 2 unspecified atom stereocenters. The van der Waals surface area contributed by atoms with Gasteiger partial charge in [0.25, 0.3) is 0 Å². The highest BCUT2D eigenvalue weighted by molar-refractivity contribution is 5.78. The van der Waals surface area contributed by atoms with Gasteiger partial charge in [-0.25, -0.2) is 0 Å². The maximum Gasteiger partial charge on any atom is 0.223 e. The van der Waals surface area contributed by atoms with Crippen molar-refractivity contribution in [2.24, 2.45) is 5.92 Å². The lowest BCUT2D eigenvalue weighted by Gasteiger charge is -2.17. The number of unbranched alkanes of at least 4 members (excludes halogenated alkanes) is 5. The van der Waals surface area contributed by atoms with Gasteiger partial charge in [0.15, 0.2) is 0 Å². The van der Waals surface area contributed by atoms with Crippen molar-refractivity contribution in [3.63, 3.8) is 0 Å². The average molecular weight is 271 g/mol. The lowest BCUT2D eigenvalue weighted by molar-refractivity contribution is -0.125. The number of carbonyl (C=O) groups is 1. The molecule has 0 aromatic heterocycles. The van der Waals surface area contributed by atoms with E-state index in [-0.39, 0.29) is 11.8 Å². The van der Waals surface area contributed by atoms with Gasteiger partial charge >= 0.3 is 0 Å². The van der Waals surface area contributed by atoms with Crippen LogP contribution in [0.2, 0.25) is 0 Å². The summed E-state index contributed by atoms with van der Waals surface area (Å²) < 4.78 is 0. The number of rotatable bonds is 12. The van der Waals surface area contributed by atoms with E-state index in [4.69, 9.17) is 0 Å². The van der Waals surface area contributed by atoms with Crippen molar-refractivity contribution in [3.8, 4) is 0 Å². The molecule has 0 aromatic rings. The molecular formula is C16H33NO2. The molecule has 0 aliphatic rings. The quantitative estimate of drug-likeness (QED) is 0.532. The Kier molecular flexibility index (Phi) is 12.1. The van der Waals surface area contributed by atoms with Crippen LogP contribution in [-0.4, -0.2) is 23.7 Å². The van der Waals surface area contributed by atoms with Gasteiger partial charge in [0.1, 0.15) is 0 Å².